The maximum absolute atomic E-state index is 12.8. The molecule has 0 bridgehead atoms. The molecule has 0 radical (unpaired) electrons. The van der Waals surface area contributed by atoms with E-state index in [-0.39, 0.29) is 5.56 Å². The Balaban J connectivity index is 1.72. The molecular formula is C18H19N5O. The molecule has 0 amide bonds. The van der Waals surface area contributed by atoms with Gasteiger partial charge in [0, 0.05) is 43.4 Å². The predicted molar refractivity (Wildman–Crippen MR) is 94.4 cm³/mol. The molecule has 1 aromatic carbocycles. The quantitative estimate of drug-likeness (QED) is 0.787. The van der Waals surface area contributed by atoms with Crippen LogP contribution in [0.3, 0.4) is 0 Å². The van der Waals surface area contributed by atoms with Gasteiger partial charge in [0.1, 0.15) is 0 Å². The zero-order valence-corrected chi connectivity index (χ0v) is 13.4. The van der Waals surface area contributed by atoms with Gasteiger partial charge < -0.3 is 10.2 Å². The van der Waals surface area contributed by atoms with Crippen molar-refractivity contribution in [3.8, 4) is 0 Å². The van der Waals surface area contributed by atoms with Crippen LogP contribution in [0.1, 0.15) is 5.69 Å². The predicted octanol–water partition coefficient (Wildman–Crippen LogP) is 1.25. The molecule has 3 heterocycles. The highest BCUT2D eigenvalue weighted by atomic mass is 16.1. The molecular weight excluding hydrogens is 302 g/mol. The second-order valence-electron chi connectivity index (χ2n) is 5.94. The molecule has 6 heteroatoms. The molecule has 24 heavy (non-hydrogen) atoms. The molecule has 0 atom stereocenters. The maximum atomic E-state index is 12.8. The fourth-order valence-corrected chi connectivity index (χ4v) is 3.04. The maximum Gasteiger partial charge on any atom is 0.275 e. The summed E-state index contributed by atoms with van der Waals surface area (Å²) in [7, 11) is 0. The lowest BCUT2D eigenvalue weighted by Crippen LogP contribution is -2.43. The van der Waals surface area contributed by atoms with E-state index in [0.29, 0.717) is 11.9 Å². The van der Waals surface area contributed by atoms with Gasteiger partial charge in [0.25, 0.3) is 5.56 Å². The number of fused-ring (bicyclic) bond motifs is 1. The molecule has 6 nitrogen and oxygen atoms in total. The van der Waals surface area contributed by atoms with Gasteiger partial charge in [-0.2, -0.15) is 5.10 Å². The molecule has 1 aliphatic rings. The number of nitrogens with zero attached hydrogens (tertiary/aromatic N) is 4. The van der Waals surface area contributed by atoms with Crippen LogP contribution in [0.5, 0.6) is 0 Å². The lowest BCUT2D eigenvalue weighted by molar-refractivity contribution is 0.589. The first-order chi connectivity index (χ1) is 11.8. The Morgan fingerprint density at radius 1 is 1.12 bits per heavy atom. The van der Waals surface area contributed by atoms with Crippen molar-refractivity contribution in [2.24, 2.45) is 0 Å². The van der Waals surface area contributed by atoms with E-state index < -0.39 is 0 Å². The van der Waals surface area contributed by atoms with Gasteiger partial charge >= 0.3 is 0 Å². The van der Waals surface area contributed by atoms with Crippen molar-refractivity contribution in [1.29, 1.82) is 0 Å². The molecule has 0 aliphatic carbocycles. The molecule has 3 aromatic rings. The fraction of sp³-hybridized carbons (Fsp3) is 0.278. The molecule has 122 valence electrons. The van der Waals surface area contributed by atoms with Crippen LogP contribution in [-0.4, -0.2) is 40.9 Å². The van der Waals surface area contributed by atoms with Crippen LogP contribution < -0.4 is 15.8 Å². The molecule has 1 aliphatic heterocycles. The zero-order chi connectivity index (χ0) is 16.4. The number of anilines is 1. The van der Waals surface area contributed by atoms with Crippen LogP contribution in [0, 0.1) is 0 Å². The third kappa shape index (κ3) is 2.88. The number of hydrogen-bond acceptors (Lipinski definition) is 5. The highest BCUT2D eigenvalue weighted by Crippen LogP contribution is 2.20. The first-order valence-corrected chi connectivity index (χ1v) is 8.17. The van der Waals surface area contributed by atoms with Crippen molar-refractivity contribution >= 4 is 16.5 Å². The molecule has 4 rings (SSSR count). The summed E-state index contributed by atoms with van der Waals surface area (Å²) in [5, 5.41) is 9.21. The minimum atomic E-state index is -0.0739. The molecule has 1 N–H and O–H groups in total. The van der Waals surface area contributed by atoms with Crippen LogP contribution in [-0.2, 0) is 6.54 Å². The van der Waals surface area contributed by atoms with E-state index >= 15 is 0 Å². The Labute approximate surface area is 139 Å². The van der Waals surface area contributed by atoms with Gasteiger partial charge in [0.15, 0.2) is 0 Å². The largest absolute Gasteiger partial charge is 0.369 e. The zero-order valence-electron chi connectivity index (χ0n) is 13.4. The van der Waals surface area contributed by atoms with Gasteiger partial charge in [0.05, 0.1) is 23.8 Å². The van der Waals surface area contributed by atoms with E-state index in [2.05, 4.69) is 26.4 Å². The Bertz CT molecular complexity index is 900. The van der Waals surface area contributed by atoms with Gasteiger partial charge in [-0.25, -0.2) is 4.68 Å². The molecule has 0 saturated carbocycles. The summed E-state index contributed by atoms with van der Waals surface area (Å²) >= 11 is 0. The minimum Gasteiger partial charge on any atom is -0.369 e. The lowest BCUT2D eigenvalue weighted by atomic mass is 10.1. The van der Waals surface area contributed by atoms with Crippen molar-refractivity contribution in [1.82, 2.24) is 20.1 Å². The standard InChI is InChI=1S/C18H19N5O/c24-18-17-11-16(22-9-7-19-8-10-22)5-4-14(17)12-21-23(18)13-15-3-1-2-6-20-15/h1-6,11-12,19H,7-10,13H2. The summed E-state index contributed by atoms with van der Waals surface area (Å²) in [5.74, 6) is 0. The fourth-order valence-electron chi connectivity index (χ4n) is 3.04. The summed E-state index contributed by atoms with van der Waals surface area (Å²) in [6.07, 6.45) is 3.48. The Hall–Kier alpha value is -2.73. The number of pyridine rings is 1. The normalized spacial score (nSPS) is 14.9. The third-order valence-corrected chi connectivity index (χ3v) is 4.36. The lowest BCUT2D eigenvalue weighted by Gasteiger charge is -2.29. The molecule has 1 saturated heterocycles. The summed E-state index contributed by atoms with van der Waals surface area (Å²) < 4.78 is 1.48. The van der Waals surface area contributed by atoms with Crippen LogP contribution in [0.15, 0.2) is 53.6 Å². The van der Waals surface area contributed by atoms with Crippen molar-refractivity contribution < 1.29 is 0 Å². The highest BCUT2D eigenvalue weighted by Gasteiger charge is 2.12. The van der Waals surface area contributed by atoms with E-state index in [1.54, 1.807) is 12.4 Å². The topological polar surface area (TPSA) is 63.1 Å². The van der Waals surface area contributed by atoms with E-state index in [1.807, 2.05) is 30.3 Å². The van der Waals surface area contributed by atoms with Crippen molar-refractivity contribution in [3.63, 3.8) is 0 Å². The second-order valence-corrected chi connectivity index (χ2v) is 5.94. The molecule has 0 spiro atoms. The first kappa shape index (κ1) is 14.8. The highest BCUT2D eigenvalue weighted by molar-refractivity contribution is 5.84. The first-order valence-electron chi connectivity index (χ1n) is 8.17. The Morgan fingerprint density at radius 3 is 2.79 bits per heavy atom. The van der Waals surface area contributed by atoms with Gasteiger partial charge in [-0.05, 0) is 24.3 Å². The molecule has 1 fully saturated rings. The summed E-state index contributed by atoms with van der Waals surface area (Å²) in [6.45, 7) is 4.24. The Kier molecular flexibility index (Phi) is 3.96. The van der Waals surface area contributed by atoms with E-state index in [9.17, 15) is 4.79 Å². The van der Waals surface area contributed by atoms with Crippen molar-refractivity contribution in [2.75, 3.05) is 31.1 Å². The number of piperazine rings is 1. The summed E-state index contributed by atoms with van der Waals surface area (Å²) in [5.41, 5.74) is 1.84. The van der Waals surface area contributed by atoms with Crippen molar-refractivity contribution in [2.45, 2.75) is 6.54 Å². The van der Waals surface area contributed by atoms with Crippen LogP contribution in [0.4, 0.5) is 5.69 Å². The number of nitrogens with one attached hydrogen (secondary N) is 1. The van der Waals surface area contributed by atoms with Crippen LogP contribution >= 0.6 is 0 Å². The van der Waals surface area contributed by atoms with Crippen molar-refractivity contribution in [3.05, 3.63) is 64.8 Å². The van der Waals surface area contributed by atoms with E-state index in [1.165, 1.54) is 4.68 Å². The average molecular weight is 321 g/mol. The van der Waals surface area contributed by atoms with Gasteiger partial charge in [-0.1, -0.05) is 12.1 Å². The second kappa shape index (κ2) is 6.41. The van der Waals surface area contributed by atoms with Gasteiger partial charge in [-0.15, -0.1) is 0 Å². The van der Waals surface area contributed by atoms with Gasteiger partial charge in [-0.3, -0.25) is 9.78 Å². The molecule has 0 unspecified atom stereocenters. The van der Waals surface area contributed by atoms with E-state index in [4.69, 9.17) is 0 Å². The summed E-state index contributed by atoms with van der Waals surface area (Å²) in [6, 6.07) is 11.7. The smallest absolute Gasteiger partial charge is 0.275 e. The van der Waals surface area contributed by atoms with Gasteiger partial charge in [0.2, 0.25) is 0 Å². The third-order valence-electron chi connectivity index (χ3n) is 4.36. The number of rotatable bonds is 3. The number of benzene rings is 1. The minimum absolute atomic E-state index is 0.0739. The number of aromatic nitrogens is 3. The molecule has 2 aromatic heterocycles. The summed E-state index contributed by atoms with van der Waals surface area (Å²) in [4.78, 5) is 19.4. The van der Waals surface area contributed by atoms with Crippen LogP contribution in [0.2, 0.25) is 0 Å². The Morgan fingerprint density at radius 2 is 2.00 bits per heavy atom. The average Bonchev–Trinajstić information content (AvgIpc) is 2.65. The monoisotopic (exact) mass is 321 g/mol. The number of hydrogen-bond donors (Lipinski definition) is 1. The van der Waals surface area contributed by atoms with Crippen LogP contribution in [0.25, 0.3) is 10.8 Å². The van der Waals surface area contributed by atoms with E-state index in [0.717, 1.165) is 42.9 Å². The SMILES string of the molecule is O=c1c2cc(N3CCNCC3)ccc2cnn1Cc1ccccn1.